The fourth-order valence-corrected chi connectivity index (χ4v) is 1.81. The highest BCUT2D eigenvalue weighted by molar-refractivity contribution is 5.71. The summed E-state index contributed by atoms with van der Waals surface area (Å²) >= 11 is 0. The highest BCUT2D eigenvalue weighted by Crippen LogP contribution is 2.04. The molecule has 0 saturated carbocycles. The van der Waals surface area contributed by atoms with Crippen LogP contribution in [-0.2, 0) is 20.8 Å². The number of carbonyl (C=O) groups is 1. The zero-order valence-electron chi connectivity index (χ0n) is 12.0. The molecule has 5 heteroatoms. The number of hydrogen-bond acceptors (Lipinski definition) is 5. The summed E-state index contributed by atoms with van der Waals surface area (Å²) in [6, 6.07) is 9.95. The first-order valence-corrected chi connectivity index (χ1v) is 6.86. The lowest BCUT2D eigenvalue weighted by molar-refractivity contribution is -0.144. The van der Waals surface area contributed by atoms with E-state index in [1.165, 1.54) is 0 Å². The quantitative estimate of drug-likeness (QED) is 0.513. The van der Waals surface area contributed by atoms with Crippen LogP contribution in [0.15, 0.2) is 30.3 Å². The van der Waals surface area contributed by atoms with Crippen molar-refractivity contribution in [3.63, 3.8) is 0 Å². The lowest BCUT2D eigenvalue weighted by Crippen LogP contribution is -2.33. The predicted octanol–water partition coefficient (Wildman–Crippen LogP) is 1.06. The van der Waals surface area contributed by atoms with Gasteiger partial charge >= 0.3 is 5.97 Å². The fourth-order valence-electron chi connectivity index (χ4n) is 1.81. The minimum atomic E-state index is -0.231. The molecule has 1 aromatic rings. The van der Waals surface area contributed by atoms with Crippen LogP contribution in [0.25, 0.3) is 0 Å². The van der Waals surface area contributed by atoms with Crippen molar-refractivity contribution in [2.24, 2.45) is 0 Å². The van der Waals surface area contributed by atoms with Gasteiger partial charge in [-0.3, -0.25) is 9.69 Å². The average molecular weight is 281 g/mol. The third-order valence-corrected chi connectivity index (χ3v) is 2.69. The van der Waals surface area contributed by atoms with E-state index in [2.05, 4.69) is 0 Å². The Morgan fingerprint density at radius 1 is 1.25 bits per heavy atom. The van der Waals surface area contributed by atoms with Crippen LogP contribution in [-0.4, -0.2) is 55.5 Å². The summed E-state index contributed by atoms with van der Waals surface area (Å²) in [5.41, 5.74) is 1.14. The molecular weight excluding hydrogens is 258 g/mol. The molecule has 5 nitrogen and oxygen atoms in total. The number of hydrogen-bond donors (Lipinski definition) is 1. The summed E-state index contributed by atoms with van der Waals surface area (Å²) in [5, 5.41) is 8.67. The average Bonchev–Trinajstić information content (AvgIpc) is 2.45. The fraction of sp³-hybridized carbons (Fsp3) is 0.533. The second-order valence-electron chi connectivity index (χ2n) is 4.34. The molecule has 0 radical (unpaired) electrons. The maximum atomic E-state index is 11.6. The summed E-state index contributed by atoms with van der Waals surface area (Å²) in [5.74, 6) is -0.231. The Bertz CT molecular complexity index is 369. The molecule has 0 fully saturated rings. The predicted molar refractivity (Wildman–Crippen MR) is 76.3 cm³/mol. The zero-order chi connectivity index (χ0) is 14.6. The van der Waals surface area contributed by atoms with Gasteiger partial charge in [-0.15, -0.1) is 0 Å². The standard InChI is InChI=1S/C15H23NO4/c1-2-20-15(18)13-16(8-10-19-11-9-17)12-14-6-4-3-5-7-14/h3-7,17H,2,8-13H2,1H3. The van der Waals surface area contributed by atoms with E-state index in [0.717, 1.165) is 5.56 Å². The smallest absolute Gasteiger partial charge is 0.320 e. The molecule has 0 spiro atoms. The van der Waals surface area contributed by atoms with Crippen molar-refractivity contribution in [2.75, 3.05) is 39.5 Å². The van der Waals surface area contributed by atoms with Crippen molar-refractivity contribution < 1.29 is 19.4 Å². The van der Waals surface area contributed by atoms with Crippen molar-refractivity contribution in [1.82, 2.24) is 4.90 Å². The Balaban J connectivity index is 2.47. The van der Waals surface area contributed by atoms with Gasteiger partial charge < -0.3 is 14.6 Å². The Kier molecular flexibility index (Phi) is 8.62. The van der Waals surface area contributed by atoms with Crippen LogP contribution in [0, 0.1) is 0 Å². The van der Waals surface area contributed by atoms with Gasteiger partial charge in [0.25, 0.3) is 0 Å². The van der Waals surface area contributed by atoms with E-state index in [1.807, 2.05) is 35.2 Å². The van der Waals surface area contributed by atoms with E-state index in [1.54, 1.807) is 6.92 Å². The summed E-state index contributed by atoms with van der Waals surface area (Å²) in [4.78, 5) is 13.6. The molecule has 1 aromatic carbocycles. The van der Waals surface area contributed by atoms with E-state index in [-0.39, 0.29) is 19.1 Å². The third kappa shape index (κ3) is 7.23. The molecule has 0 aliphatic carbocycles. The van der Waals surface area contributed by atoms with E-state index < -0.39 is 0 Å². The van der Waals surface area contributed by atoms with Gasteiger partial charge in [0.2, 0.25) is 0 Å². The molecule has 0 atom stereocenters. The minimum absolute atomic E-state index is 0.0105. The molecular formula is C15H23NO4. The number of esters is 1. The minimum Gasteiger partial charge on any atom is -0.465 e. The van der Waals surface area contributed by atoms with Gasteiger partial charge in [0.1, 0.15) is 0 Å². The topological polar surface area (TPSA) is 59.0 Å². The number of aliphatic hydroxyl groups excluding tert-OH is 1. The third-order valence-electron chi connectivity index (χ3n) is 2.69. The van der Waals surface area contributed by atoms with Crippen molar-refractivity contribution in [3.8, 4) is 0 Å². The second-order valence-corrected chi connectivity index (χ2v) is 4.34. The maximum absolute atomic E-state index is 11.6. The Labute approximate surface area is 120 Å². The second kappa shape index (κ2) is 10.4. The number of nitrogens with zero attached hydrogens (tertiary/aromatic N) is 1. The molecule has 20 heavy (non-hydrogen) atoms. The SMILES string of the molecule is CCOC(=O)CN(CCOCCO)Cc1ccccc1. The lowest BCUT2D eigenvalue weighted by atomic mass is 10.2. The lowest BCUT2D eigenvalue weighted by Gasteiger charge is -2.21. The van der Waals surface area contributed by atoms with Crippen LogP contribution in [0.3, 0.4) is 0 Å². The first-order valence-electron chi connectivity index (χ1n) is 6.86. The van der Waals surface area contributed by atoms with Gasteiger partial charge in [0, 0.05) is 13.1 Å². The zero-order valence-corrected chi connectivity index (χ0v) is 12.0. The van der Waals surface area contributed by atoms with Crippen LogP contribution >= 0.6 is 0 Å². The van der Waals surface area contributed by atoms with Gasteiger partial charge in [-0.1, -0.05) is 30.3 Å². The molecule has 0 aliphatic rings. The molecule has 0 heterocycles. The van der Waals surface area contributed by atoms with Crippen LogP contribution in [0.1, 0.15) is 12.5 Å². The Morgan fingerprint density at radius 2 is 2.00 bits per heavy atom. The summed E-state index contributed by atoms with van der Waals surface area (Å²) in [6.07, 6.45) is 0. The van der Waals surface area contributed by atoms with Crippen LogP contribution in [0.5, 0.6) is 0 Å². The van der Waals surface area contributed by atoms with Gasteiger partial charge in [0.15, 0.2) is 0 Å². The Hall–Kier alpha value is -1.43. The number of rotatable bonds is 10. The Morgan fingerprint density at radius 3 is 2.65 bits per heavy atom. The van der Waals surface area contributed by atoms with E-state index in [9.17, 15) is 4.79 Å². The number of carbonyl (C=O) groups excluding carboxylic acids is 1. The number of aliphatic hydroxyl groups is 1. The van der Waals surface area contributed by atoms with Crippen molar-refractivity contribution in [1.29, 1.82) is 0 Å². The highest BCUT2D eigenvalue weighted by Gasteiger charge is 2.12. The van der Waals surface area contributed by atoms with Gasteiger partial charge in [-0.2, -0.15) is 0 Å². The summed E-state index contributed by atoms with van der Waals surface area (Å²) in [6.45, 7) is 4.52. The molecule has 112 valence electrons. The van der Waals surface area contributed by atoms with Gasteiger partial charge in [0.05, 0.1) is 33.0 Å². The van der Waals surface area contributed by atoms with E-state index in [0.29, 0.717) is 32.9 Å². The van der Waals surface area contributed by atoms with Crippen molar-refractivity contribution >= 4 is 5.97 Å². The highest BCUT2D eigenvalue weighted by atomic mass is 16.5. The first kappa shape index (κ1) is 16.6. The molecule has 0 unspecified atom stereocenters. The van der Waals surface area contributed by atoms with Gasteiger partial charge in [-0.05, 0) is 12.5 Å². The molecule has 0 aliphatic heterocycles. The molecule has 0 saturated heterocycles. The normalized spacial score (nSPS) is 10.8. The largest absolute Gasteiger partial charge is 0.465 e. The molecule has 1 rings (SSSR count). The van der Waals surface area contributed by atoms with Crippen molar-refractivity contribution in [3.05, 3.63) is 35.9 Å². The number of benzene rings is 1. The molecule has 0 bridgehead atoms. The van der Waals surface area contributed by atoms with E-state index in [4.69, 9.17) is 14.6 Å². The summed E-state index contributed by atoms with van der Waals surface area (Å²) in [7, 11) is 0. The monoisotopic (exact) mass is 281 g/mol. The van der Waals surface area contributed by atoms with Crippen molar-refractivity contribution in [2.45, 2.75) is 13.5 Å². The molecule has 0 aromatic heterocycles. The first-order chi connectivity index (χ1) is 9.76. The maximum Gasteiger partial charge on any atom is 0.320 e. The molecule has 0 amide bonds. The molecule has 1 N–H and O–H groups in total. The number of ether oxygens (including phenoxy) is 2. The van der Waals surface area contributed by atoms with E-state index >= 15 is 0 Å². The van der Waals surface area contributed by atoms with Crippen LogP contribution in [0.4, 0.5) is 0 Å². The van der Waals surface area contributed by atoms with Crippen LogP contribution in [0.2, 0.25) is 0 Å². The van der Waals surface area contributed by atoms with Gasteiger partial charge in [-0.25, -0.2) is 0 Å². The van der Waals surface area contributed by atoms with Crippen LogP contribution < -0.4 is 0 Å². The summed E-state index contributed by atoms with van der Waals surface area (Å²) < 4.78 is 10.2.